The molecule has 0 fully saturated rings. The standard InChI is InChI=1S/C24H48O4/c1-4-7-9-10-11-12-13-14-15-16-18-26-19-20-27-21-22-28-24(25)23(6-3)17-8-5-2/h23H,4-22H2,1-3H3. The Morgan fingerprint density at radius 2 is 1.11 bits per heavy atom. The van der Waals surface area contributed by atoms with Crippen molar-refractivity contribution in [3.05, 3.63) is 0 Å². The van der Waals surface area contributed by atoms with Crippen LogP contribution in [0.2, 0.25) is 0 Å². The van der Waals surface area contributed by atoms with Gasteiger partial charge in [0.15, 0.2) is 0 Å². The molecule has 0 aliphatic carbocycles. The zero-order valence-corrected chi connectivity index (χ0v) is 19.1. The van der Waals surface area contributed by atoms with Crippen molar-refractivity contribution in [2.45, 2.75) is 111 Å². The van der Waals surface area contributed by atoms with Gasteiger partial charge < -0.3 is 14.2 Å². The van der Waals surface area contributed by atoms with Gasteiger partial charge in [0.25, 0.3) is 0 Å². The minimum absolute atomic E-state index is 0.0457. The summed E-state index contributed by atoms with van der Waals surface area (Å²) >= 11 is 0. The maximum Gasteiger partial charge on any atom is 0.308 e. The van der Waals surface area contributed by atoms with Gasteiger partial charge >= 0.3 is 5.97 Å². The van der Waals surface area contributed by atoms with Crippen molar-refractivity contribution in [1.82, 2.24) is 0 Å². The van der Waals surface area contributed by atoms with Crippen molar-refractivity contribution in [3.8, 4) is 0 Å². The lowest BCUT2D eigenvalue weighted by Gasteiger charge is -2.13. The van der Waals surface area contributed by atoms with Crippen LogP contribution in [-0.2, 0) is 19.0 Å². The first-order valence-electron chi connectivity index (χ1n) is 12.1. The number of carbonyl (C=O) groups excluding carboxylic acids is 1. The molecule has 4 nitrogen and oxygen atoms in total. The summed E-state index contributed by atoms with van der Waals surface area (Å²) < 4.78 is 16.4. The fraction of sp³-hybridized carbons (Fsp3) is 0.958. The van der Waals surface area contributed by atoms with Gasteiger partial charge in [-0.3, -0.25) is 4.79 Å². The summed E-state index contributed by atoms with van der Waals surface area (Å²) in [4.78, 5) is 11.9. The maximum absolute atomic E-state index is 11.9. The average molecular weight is 401 g/mol. The average Bonchev–Trinajstić information content (AvgIpc) is 2.70. The van der Waals surface area contributed by atoms with Crippen LogP contribution in [0.15, 0.2) is 0 Å². The van der Waals surface area contributed by atoms with Crippen molar-refractivity contribution in [2.24, 2.45) is 5.92 Å². The lowest BCUT2D eigenvalue weighted by molar-refractivity contribution is -0.150. The van der Waals surface area contributed by atoms with Crippen LogP contribution >= 0.6 is 0 Å². The Balaban J connectivity index is 3.24. The number of unbranched alkanes of at least 4 members (excludes halogenated alkanes) is 10. The smallest absolute Gasteiger partial charge is 0.308 e. The highest BCUT2D eigenvalue weighted by Gasteiger charge is 2.16. The van der Waals surface area contributed by atoms with Crippen LogP contribution in [0.1, 0.15) is 111 Å². The minimum atomic E-state index is -0.0724. The first kappa shape index (κ1) is 27.4. The topological polar surface area (TPSA) is 44.8 Å². The molecule has 28 heavy (non-hydrogen) atoms. The third-order valence-corrected chi connectivity index (χ3v) is 5.22. The Bertz CT molecular complexity index is 320. The second-order valence-corrected chi connectivity index (χ2v) is 7.82. The molecule has 168 valence electrons. The molecule has 0 amide bonds. The van der Waals surface area contributed by atoms with Crippen LogP contribution in [0.5, 0.6) is 0 Å². The van der Waals surface area contributed by atoms with Crippen LogP contribution < -0.4 is 0 Å². The fourth-order valence-corrected chi connectivity index (χ4v) is 3.27. The largest absolute Gasteiger partial charge is 0.463 e. The van der Waals surface area contributed by atoms with Gasteiger partial charge in [0.2, 0.25) is 0 Å². The first-order chi connectivity index (χ1) is 13.8. The molecule has 0 rings (SSSR count). The van der Waals surface area contributed by atoms with Crippen LogP contribution in [-0.4, -0.2) is 39.0 Å². The Labute approximate surface area is 175 Å². The van der Waals surface area contributed by atoms with Gasteiger partial charge in [0.1, 0.15) is 6.61 Å². The predicted molar refractivity (Wildman–Crippen MR) is 118 cm³/mol. The van der Waals surface area contributed by atoms with Gasteiger partial charge in [0, 0.05) is 6.61 Å². The van der Waals surface area contributed by atoms with Gasteiger partial charge in [-0.1, -0.05) is 91.4 Å². The normalized spacial score (nSPS) is 12.2. The molecule has 1 unspecified atom stereocenters. The molecular formula is C24H48O4. The van der Waals surface area contributed by atoms with E-state index in [0.717, 1.165) is 38.7 Å². The highest BCUT2D eigenvalue weighted by atomic mass is 16.6. The van der Waals surface area contributed by atoms with Crippen LogP contribution in [0.3, 0.4) is 0 Å². The number of ether oxygens (including phenoxy) is 3. The molecule has 0 aliphatic heterocycles. The van der Waals surface area contributed by atoms with E-state index in [0.29, 0.717) is 26.4 Å². The van der Waals surface area contributed by atoms with Crippen molar-refractivity contribution >= 4 is 5.97 Å². The lowest BCUT2D eigenvalue weighted by Crippen LogP contribution is -2.20. The molecular weight excluding hydrogens is 352 g/mol. The third-order valence-electron chi connectivity index (χ3n) is 5.22. The molecule has 0 aromatic carbocycles. The lowest BCUT2D eigenvalue weighted by atomic mass is 10.00. The second kappa shape index (κ2) is 22.7. The summed E-state index contributed by atoms with van der Waals surface area (Å²) in [5.41, 5.74) is 0. The molecule has 0 spiro atoms. The van der Waals surface area contributed by atoms with Gasteiger partial charge in [-0.05, 0) is 19.3 Å². The van der Waals surface area contributed by atoms with E-state index in [1.165, 1.54) is 57.8 Å². The Kier molecular flexibility index (Phi) is 22.2. The summed E-state index contributed by atoms with van der Waals surface area (Å²) in [6.07, 6.45) is 17.4. The van der Waals surface area contributed by atoms with Crippen molar-refractivity contribution in [2.75, 3.05) is 33.0 Å². The highest BCUT2D eigenvalue weighted by molar-refractivity contribution is 5.72. The number of rotatable bonds is 22. The number of carbonyl (C=O) groups is 1. The van der Waals surface area contributed by atoms with Crippen molar-refractivity contribution in [3.63, 3.8) is 0 Å². The van der Waals surface area contributed by atoms with E-state index in [1.807, 2.05) is 6.92 Å². The molecule has 0 bridgehead atoms. The molecule has 0 heterocycles. The monoisotopic (exact) mass is 400 g/mol. The molecule has 0 saturated carbocycles. The summed E-state index contributed by atoms with van der Waals surface area (Å²) in [5.74, 6) is -0.0268. The van der Waals surface area contributed by atoms with Crippen LogP contribution in [0, 0.1) is 5.92 Å². The maximum atomic E-state index is 11.9. The van der Waals surface area contributed by atoms with Gasteiger partial charge in [0.05, 0.1) is 25.7 Å². The molecule has 0 N–H and O–H groups in total. The molecule has 0 aromatic rings. The molecule has 4 heteroatoms. The molecule has 0 aromatic heterocycles. The minimum Gasteiger partial charge on any atom is -0.463 e. The highest BCUT2D eigenvalue weighted by Crippen LogP contribution is 2.14. The first-order valence-corrected chi connectivity index (χ1v) is 12.1. The molecule has 0 aliphatic rings. The number of esters is 1. The Morgan fingerprint density at radius 3 is 1.68 bits per heavy atom. The number of hydrogen-bond acceptors (Lipinski definition) is 4. The van der Waals surface area contributed by atoms with Gasteiger partial charge in [-0.25, -0.2) is 0 Å². The van der Waals surface area contributed by atoms with E-state index in [1.54, 1.807) is 0 Å². The van der Waals surface area contributed by atoms with Crippen molar-refractivity contribution in [1.29, 1.82) is 0 Å². The van der Waals surface area contributed by atoms with Crippen LogP contribution in [0.25, 0.3) is 0 Å². The zero-order chi connectivity index (χ0) is 20.7. The second-order valence-electron chi connectivity index (χ2n) is 7.82. The summed E-state index contributed by atoms with van der Waals surface area (Å²) in [6.45, 7) is 9.28. The van der Waals surface area contributed by atoms with E-state index in [9.17, 15) is 4.79 Å². The molecule has 0 radical (unpaired) electrons. The van der Waals surface area contributed by atoms with E-state index >= 15 is 0 Å². The fourth-order valence-electron chi connectivity index (χ4n) is 3.27. The van der Waals surface area contributed by atoms with E-state index < -0.39 is 0 Å². The third kappa shape index (κ3) is 18.7. The Morgan fingerprint density at radius 1 is 0.607 bits per heavy atom. The van der Waals surface area contributed by atoms with Crippen LogP contribution in [0.4, 0.5) is 0 Å². The van der Waals surface area contributed by atoms with E-state index in [2.05, 4.69) is 13.8 Å². The quantitative estimate of drug-likeness (QED) is 0.150. The molecule has 0 saturated heterocycles. The van der Waals surface area contributed by atoms with Gasteiger partial charge in [-0.2, -0.15) is 0 Å². The SMILES string of the molecule is CCCCCCCCCCCCOCCOCCOC(=O)C(CC)CCCC. The van der Waals surface area contributed by atoms with E-state index in [4.69, 9.17) is 14.2 Å². The zero-order valence-electron chi connectivity index (χ0n) is 19.1. The number of hydrogen-bond donors (Lipinski definition) is 0. The molecule has 1 atom stereocenters. The van der Waals surface area contributed by atoms with Gasteiger partial charge in [-0.15, -0.1) is 0 Å². The summed E-state index contributed by atoms with van der Waals surface area (Å²) in [7, 11) is 0. The van der Waals surface area contributed by atoms with E-state index in [-0.39, 0.29) is 11.9 Å². The predicted octanol–water partition coefficient (Wildman–Crippen LogP) is 6.70. The summed E-state index contributed by atoms with van der Waals surface area (Å²) in [5, 5.41) is 0. The van der Waals surface area contributed by atoms with Crippen molar-refractivity contribution < 1.29 is 19.0 Å². The summed E-state index contributed by atoms with van der Waals surface area (Å²) in [6, 6.07) is 0. The Hall–Kier alpha value is -0.610.